The molecule has 0 unspecified atom stereocenters. The average Bonchev–Trinajstić information content (AvgIpc) is 2.29. The van der Waals surface area contributed by atoms with Crippen molar-refractivity contribution in [1.82, 2.24) is 9.80 Å². The first-order chi connectivity index (χ1) is 8.81. The first-order valence-corrected chi connectivity index (χ1v) is 6.92. The maximum Gasteiger partial charge on any atom is 0.410 e. The van der Waals surface area contributed by atoms with E-state index in [-0.39, 0.29) is 6.09 Å². The summed E-state index contributed by atoms with van der Waals surface area (Å²) in [6, 6.07) is 0. The molecule has 1 amide bonds. The highest BCUT2D eigenvalue weighted by Gasteiger charge is 2.24. The largest absolute Gasteiger partial charge is 0.444 e. The molecule has 4 nitrogen and oxygen atoms in total. The van der Waals surface area contributed by atoms with Crippen LogP contribution in [0.3, 0.4) is 0 Å². The fourth-order valence-electron chi connectivity index (χ4n) is 2.26. The van der Waals surface area contributed by atoms with E-state index < -0.39 is 5.60 Å². The van der Waals surface area contributed by atoms with Crippen LogP contribution >= 0.6 is 0 Å². The lowest BCUT2D eigenvalue weighted by atomic mass is 9.96. The van der Waals surface area contributed by atoms with Crippen LogP contribution in [-0.2, 0) is 4.74 Å². The molecule has 1 fully saturated rings. The quantitative estimate of drug-likeness (QED) is 0.734. The Bertz CT molecular complexity index is 333. The van der Waals surface area contributed by atoms with Gasteiger partial charge in [-0.2, -0.15) is 0 Å². The van der Waals surface area contributed by atoms with Crippen LogP contribution in [0.2, 0.25) is 0 Å². The lowest BCUT2D eigenvalue weighted by molar-refractivity contribution is 0.0252. The molecule has 1 aliphatic rings. The molecule has 0 aromatic rings. The van der Waals surface area contributed by atoms with Gasteiger partial charge in [-0.1, -0.05) is 5.92 Å². The number of nitrogens with zero attached hydrogens (tertiary/aromatic N) is 2. The fraction of sp³-hybridized carbons (Fsp3) is 0.800. The summed E-state index contributed by atoms with van der Waals surface area (Å²) in [6.45, 7) is 9.20. The van der Waals surface area contributed by atoms with E-state index in [2.05, 4.69) is 10.8 Å². The maximum absolute atomic E-state index is 11.9. The number of carbonyl (C=O) groups excluding carboxylic acids is 1. The number of piperidine rings is 1. The lowest BCUT2D eigenvalue weighted by Gasteiger charge is -2.33. The Morgan fingerprint density at radius 2 is 2.00 bits per heavy atom. The monoisotopic (exact) mass is 266 g/mol. The van der Waals surface area contributed by atoms with Gasteiger partial charge in [-0.15, -0.1) is 6.42 Å². The normalized spacial score (nSPS) is 17.8. The van der Waals surface area contributed by atoms with Gasteiger partial charge in [0.1, 0.15) is 5.60 Å². The molecule has 1 aliphatic heterocycles. The molecule has 19 heavy (non-hydrogen) atoms. The molecule has 0 radical (unpaired) electrons. The zero-order chi connectivity index (χ0) is 14.5. The number of likely N-dealkylation sites (tertiary alicyclic amines) is 1. The minimum atomic E-state index is -0.429. The van der Waals surface area contributed by atoms with Gasteiger partial charge in [0.25, 0.3) is 0 Å². The van der Waals surface area contributed by atoms with Crippen molar-refractivity contribution in [2.24, 2.45) is 5.92 Å². The first-order valence-electron chi connectivity index (χ1n) is 6.92. The van der Waals surface area contributed by atoms with E-state index in [1.54, 1.807) is 4.90 Å². The highest BCUT2D eigenvalue weighted by Crippen LogP contribution is 2.18. The topological polar surface area (TPSA) is 32.8 Å². The van der Waals surface area contributed by atoms with Crippen molar-refractivity contribution in [2.45, 2.75) is 39.2 Å². The summed E-state index contributed by atoms with van der Waals surface area (Å²) >= 11 is 0. The van der Waals surface area contributed by atoms with E-state index in [9.17, 15) is 4.79 Å². The Labute approximate surface area is 117 Å². The summed E-state index contributed by atoms with van der Waals surface area (Å²) in [5, 5.41) is 0. The third-order valence-electron chi connectivity index (χ3n) is 3.26. The molecule has 0 aromatic heterocycles. The predicted octanol–water partition coefficient (Wildman–Crippen LogP) is 2.20. The van der Waals surface area contributed by atoms with Crippen molar-refractivity contribution < 1.29 is 9.53 Å². The van der Waals surface area contributed by atoms with E-state index in [1.165, 1.54) is 0 Å². The van der Waals surface area contributed by atoms with Crippen molar-refractivity contribution >= 4 is 6.09 Å². The van der Waals surface area contributed by atoms with Gasteiger partial charge >= 0.3 is 6.09 Å². The molecule has 0 aromatic carbocycles. The molecule has 1 saturated heterocycles. The molecule has 0 atom stereocenters. The number of amides is 1. The average molecular weight is 266 g/mol. The summed E-state index contributed by atoms with van der Waals surface area (Å²) < 4.78 is 5.35. The summed E-state index contributed by atoms with van der Waals surface area (Å²) in [5.74, 6) is 3.23. The van der Waals surface area contributed by atoms with E-state index in [1.807, 2.05) is 27.8 Å². The van der Waals surface area contributed by atoms with Gasteiger partial charge in [0.05, 0.1) is 6.54 Å². The Morgan fingerprint density at radius 3 is 2.47 bits per heavy atom. The number of terminal acetylenes is 1. The molecule has 108 valence electrons. The molecule has 1 rings (SSSR count). The Hall–Kier alpha value is -1.21. The second-order valence-corrected chi connectivity index (χ2v) is 6.28. The van der Waals surface area contributed by atoms with Crippen molar-refractivity contribution in [1.29, 1.82) is 0 Å². The smallest absolute Gasteiger partial charge is 0.410 e. The van der Waals surface area contributed by atoms with Crippen LogP contribution in [-0.4, -0.2) is 54.7 Å². The molecule has 0 saturated carbocycles. The lowest BCUT2D eigenvalue weighted by Crippen LogP contribution is -2.41. The number of hydrogen-bond donors (Lipinski definition) is 0. The molecule has 0 N–H and O–H groups in total. The first kappa shape index (κ1) is 15.8. The molecular weight excluding hydrogens is 240 g/mol. The highest BCUT2D eigenvalue weighted by atomic mass is 16.6. The molecule has 4 heteroatoms. The number of rotatable bonds is 3. The van der Waals surface area contributed by atoms with Gasteiger partial charge in [0, 0.05) is 13.6 Å². The third-order valence-corrected chi connectivity index (χ3v) is 3.26. The minimum Gasteiger partial charge on any atom is -0.444 e. The Morgan fingerprint density at radius 1 is 1.42 bits per heavy atom. The van der Waals surface area contributed by atoms with Crippen molar-refractivity contribution in [3.05, 3.63) is 0 Å². The van der Waals surface area contributed by atoms with Crippen LogP contribution in [0.4, 0.5) is 4.79 Å². The SMILES string of the molecule is C#CCN1CCC(CN(C)C(=O)OC(C)(C)C)CC1. The molecular formula is C15H26N2O2. The number of carbonyl (C=O) groups is 1. The summed E-state index contributed by atoms with van der Waals surface area (Å²) in [7, 11) is 1.81. The fourth-order valence-corrected chi connectivity index (χ4v) is 2.26. The zero-order valence-electron chi connectivity index (χ0n) is 12.6. The van der Waals surface area contributed by atoms with Gasteiger partial charge in [-0.25, -0.2) is 4.79 Å². The second kappa shape index (κ2) is 6.81. The highest BCUT2D eigenvalue weighted by molar-refractivity contribution is 5.67. The van der Waals surface area contributed by atoms with E-state index in [4.69, 9.17) is 11.2 Å². The van der Waals surface area contributed by atoms with Crippen molar-refractivity contribution in [2.75, 3.05) is 33.2 Å². The van der Waals surface area contributed by atoms with Crippen LogP contribution in [0.25, 0.3) is 0 Å². The van der Waals surface area contributed by atoms with Crippen LogP contribution in [0.5, 0.6) is 0 Å². The van der Waals surface area contributed by atoms with Gasteiger partial charge in [-0.05, 0) is 52.6 Å². The second-order valence-electron chi connectivity index (χ2n) is 6.28. The predicted molar refractivity (Wildman–Crippen MR) is 76.9 cm³/mol. The van der Waals surface area contributed by atoms with E-state index in [0.29, 0.717) is 5.92 Å². The van der Waals surface area contributed by atoms with Gasteiger partial charge in [-0.3, -0.25) is 4.90 Å². The standard InChI is InChI=1S/C15H26N2O2/c1-6-9-17-10-7-13(8-11-17)12-16(5)14(18)19-15(2,3)4/h1,13H,7-12H2,2-5H3. The van der Waals surface area contributed by atoms with Crippen molar-refractivity contribution in [3.63, 3.8) is 0 Å². The molecule has 1 heterocycles. The van der Waals surface area contributed by atoms with Crippen LogP contribution in [0.1, 0.15) is 33.6 Å². The van der Waals surface area contributed by atoms with Crippen LogP contribution in [0, 0.1) is 18.3 Å². The Balaban J connectivity index is 2.32. The van der Waals surface area contributed by atoms with Crippen LogP contribution in [0.15, 0.2) is 0 Å². The van der Waals surface area contributed by atoms with Gasteiger partial charge in [0.15, 0.2) is 0 Å². The van der Waals surface area contributed by atoms with Crippen LogP contribution < -0.4 is 0 Å². The molecule has 0 bridgehead atoms. The number of hydrogen-bond acceptors (Lipinski definition) is 3. The minimum absolute atomic E-state index is 0.237. The number of ether oxygens (including phenoxy) is 1. The maximum atomic E-state index is 11.9. The zero-order valence-corrected chi connectivity index (χ0v) is 12.6. The molecule has 0 spiro atoms. The van der Waals surface area contributed by atoms with Crippen molar-refractivity contribution in [3.8, 4) is 12.3 Å². The molecule has 0 aliphatic carbocycles. The van der Waals surface area contributed by atoms with E-state index >= 15 is 0 Å². The third kappa shape index (κ3) is 5.98. The summed E-state index contributed by atoms with van der Waals surface area (Å²) in [4.78, 5) is 15.8. The Kier molecular flexibility index (Phi) is 5.68. The van der Waals surface area contributed by atoms with Gasteiger partial charge in [0.2, 0.25) is 0 Å². The summed E-state index contributed by atoms with van der Waals surface area (Å²) in [6.07, 6.45) is 7.26. The van der Waals surface area contributed by atoms with E-state index in [0.717, 1.165) is 39.0 Å². The summed E-state index contributed by atoms with van der Waals surface area (Å²) in [5.41, 5.74) is -0.429. The van der Waals surface area contributed by atoms with Gasteiger partial charge < -0.3 is 9.64 Å².